The number of benzene rings is 2. The minimum absolute atomic E-state index is 0.229. The lowest BCUT2D eigenvalue weighted by atomic mass is 10.1. The van der Waals surface area contributed by atoms with Gasteiger partial charge in [0, 0.05) is 23.6 Å². The van der Waals surface area contributed by atoms with Gasteiger partial charge in [-0.3, -0.25) is 0 Å². The molecule has 2 aromatic carbocycles. The number of hydrogen-bond acceptors (Lipinski definition) is 3. The highest BCUT2D eigenvalue weighted by molar-refractivity contribution is 5.85. The van der Waals surface area contributed by atoms with Gasteiger partial charge in [0.25, 0.3) is 0 Å². The summed E-state index contributed by atoms with van der Waals surface area (Å²) in [5.41, 5.74) is 4.70. The second-order valence-corrected chi connectivity index (χ2v) is 6.56. The summed E-state index contributed by atoms with van der Waals surface area (Å²) in [6.07, 6.45) is 5.98. The molecule has 1 aromatic heterocycles. The van der Waals surface area contributed by atoms with Crippen molar-refractivity contribution in [3.05, 3.63) is 83.6 Å². The number of amides is 1. The predicted molar refractivity (Wildman–Crippen MR) is 111 cm³/mol. The summed E-state index contributed by atoms with van der Waals surface area (Å²) < 4.78 is 10.7. The van der Waals surface area contributed by atoms with Crippen LogP contribution < -0.4 is 5.32 Å². The molecule has 0 radical (unpaired) electrons. The molecule has 2 N–H and O–H groups in total. The zero-order chi connectivity index (χ0) is 19.6. The Labute approximate surface area is 165 Å². The Hall–Kier alpha value is -3.05. The highest BCUT2D eigenvalue weighted by Crippen LogP contribution is 2.21. The molecule has 0 atom stereocenters. The first-order chi connectivity index (χ1) is 13.7. The first-order valence-electron chi connectivity index (χ1n) is 9.47. The number of alkyl carbamates (subject to hydrolysis) is 1. The molecule has 0 spiro atoms. The summed E-state index contributed by atoms with van der Waals surface area (Å²) in [7, 11) is 0. The van der Waals surface area contributed by atoms with E-state index in [0.717, 1.165) is 17.5 Å². The number of hydrogen-bond donors (Lipinski definition) is 2. The topological polar surface area (TPSA) is 63.4 Å². The molecule has 146 valence electrons. The molecule has 0 bridgehead atoms. The van der Waals surface area contributed by atoms with Crippen molar-refractivity contribution in [2.24, 2.45) is 0 Å². The zero-order valence-corrected chi connectivity index (χ0v) is 16.1. The molecular formula is C23H26N2O3. The Morgan fingerprint density at radius 1 is 1.07 bits per heavy atom. The summed E-state index contributed by atoms with van der Waals surface area (Å²) in [6, 6.07) is 16.2. The van der Waals surface area contributed by atoms with Gasteiger partial charge < -0.3 is 19.8 Å². The lowest BCUT2D eigenvalue weighted by Gasteiger charge is -2.05. The molecule has 0 aliphatic heterocycles. The van der Waals surface area contributed by atoms with Gasteiger partial charge >= 0.3 is 6.09 Å². The van der Waals surface area contributed by atoms with Gasteiger partial charge in [-0.25, -0.2) is 4.79 Å². The molecule has 3 aromatic rings. The van der Waals surface area contributed by atoms with Crippen molar-refractivity contribution in [1.29, 1.82) is 0 Å². The van der Waals surface area contributed by atoms with E-state index in [-0.39, 0.29) is 6.61 Å². The molecule has 0 fully saturated rings. The van der Waals surface area contributed by atoms with Gasteiger partial charge in [0.15, 0.2) is 0 Å². The van der Waals surface area contributed by atoms with Crippen LogP contribution in [-0.2, 0) is 22.5 Å². The van der Waals surface area contributed by atoms with Crippen molar-refractivity contribution >= 4 is 17.0 Å². The van der Waals surface area contributed by atoms with E-state index < -0.39 is 6.09 Å². The van der Waals surface area contributed by atoms with E-state index in [2.05, 4.69) is 29.4 Å². The molecule has 28 heavy (non-hydrogen) atoms. The van der Waals surface area contributed by atoms with Crippen LogP contribution in [0.1, 0.15) is 16.7 Å². The highest BCUT2D eigenvalue weighted by atomic mass is 16.5. The number of carbonyl (C=O) groups is 1. The number of fused-ring (bicyclic) bond motifs is 1. The van der Waals surface area contributed by atoms with Crippen LogP contribution in [-0.4, -0.2) is 30.8 Å². The van der Waals surface area contributed by atoms with Crippen molar-refractivity contribution in [3.8, 4) is 0 Å². The van der Waals surface area contributed by atoms with E-state index >= 15 is 0 Å². The molecule has 0 aliphatic rings. The average Bonchev–Trinajstić information content (AvgIpc) is 3.12. The molecule has 1 heterocycles. The number of aryl methyl sites for hydroxylation is 1. The van der Waals surface area contributed by atoms with Crippen LogP contribution in [0, 0.1) is 6.92 Å². The summed E-state index contributed by atoms with van der Waals surface area (Å²) in [5.74, 6) is 0. The Bertz CT molecular complexity index is 916. The van der Waals surface area contributed by atoms with Crippen LogP contribution in [0.25, 0.3) is 10.9 Å². The Morgan fingerprint density at radius 2 is 1.89 bits per heavy atom. The lowest BCUT2D eigenvalue weighted by Crippen LogP contribution is -2.26. The van der Waals surface area contributed by atoms with E-state index in [0.29, 0.717) is 19.8 Å². The molecule has 5 nitrogen and oxygen atoms in total. The van der Waals surface area contributed by atoms with Crippen LogP contribution >= 0.6 is 0 Å². The van der Waals surface area contributed by atoms with Gasteiger partial charge in [0.05, 0.1) is 13.2 Å². The number of aromatic nitrogens is 1. The minimum Gasteiger partial charge on any atom is -0.445 e. The standard InChI is InChI=1S/C23H26N2O3/c1-18-8-7-11-21-20(16-25-22(18)21)12-13-24-23(26)28-15-6-5-14-27-17-19-9-3-2-4-10-19/h2-11,16,25H,12-15,17H2,1H3,(H,24,26)/b6-5+. The van der Waals surface area contributed by atoms with Gasteiger partial charge in [0.1, 0.15) is 6.61 Å². The van der Waals surface area contributed by atoms with Gasteiger partial charge in [-0.2, -0.15) is 0 Å². The van der Waals surface area contributed by atoms with E-state index in [1.807, 2.05) is 48.7 Å². The van der Waals surface area contributed by atoms with Crippen molar-refractivity contribution in [2.45, 2.75) is 20.0 Å². The number of H-pyrrole nitrogens is 1. The third-order valence-corrected chi connectivity index (χ3v) is 4.48. The molecule has 3 rings (SSSR count). The van der Waals surface area contributed by atoms with Crippen LogP contribution in [0.4, 0.5) is 4.79 Å². The number of aromatic amines is 1. The third-order valence-electron chi connectivity index (χ3n) is 4.48. The van der Waals surface area contributed by atoms with Crippen LogP contribution in [0.15, 0.2) is 66.9 Å². The lowest BCUT2D eigenvalue weighted by molar-refractivity contribution is 0.146. The number of ether oxygens (including phenoxy) is 2. The van der Waals surface area contributed by atoms with Crippen molar-refractivity contribution < 1.29 is 14.3 Å². The largest absolute Gasteiger partial charge is 0.445 e. The number of nitrogens with one attached hydrogen (secondary N) is 2. The van der Waals surface area contributed by atoms with Crippen molar-refractivity contribution in [3.63, 3.8) is 0 Å². The SMILES string of the molecule is Cc1cccc2c(CCNC(=O)OC/C=C/COCc3ccccc3)c[nH]c12. The first-order valence-corrected chi connectivity index (χ1v) is 9.47. The smallest absolute Gasteiger partial charge is 0.407 e. The number of rotatable bonds is 9. The summed E-state index contributed by atoms with van der Waals surface area (Å²) in [5, 5.41) is 3.99. The highest BCUT2D eigenvalue weighted by Gasteiger charge is 2.06. The fraction of sp³-hybridized carbons (Fsp3) is 0.261. The van der Waals surface area contributed by atoms with Crippen molar-refractivity contribution in [1.82, 2.24) is 10.3 Å². The first kappa shape index (κ1) is 19.7. The van der Waals surface area contributed by atoms with Crippen LogP contribution in [0.3, 0.4) is 0 Å². The molecule has 0 saturated carbocycles. The van der Waals surface area contributed by atoms with Crippen molar-refractivity contribution in [2.75, 3.05) is 19.8 Å². The number of carbonyl (C=O) groups excluding carboxylic acids is 1. The Balaban J connectivity index is 1.29. The molecule has 5 heteroatoms. The fourth-order valence-corrected chi connectivity index (χ4v) is 3.00. The van der Waals surface area contributed by atoms with E-state index in [1.165, 1.54) is 16.5 Å². The number of para-hydroxylation sites is 1. The summed E-state index contributed by atoms with van der Waals surface area (Å²) in [6.45, 7) is 3.90. The van der Waals surface area contributed by atoms with Gasteiger partial charge in [-0.05, 0) is 36.1 Å². The van der Waals surface area contributed by atoms with Gasteiger partial charge in [-0.15, -0.1) is 0 Å². The average molecular weight is 378 g/mol. The maximum absolute atomic E-state index is 11.8. The zero-order valence-electron chi connectivity index (χ0n) is 16.1. The predicted octanol–water partition coefficient (Wildman–Crippen LogP) is 4.52. The molecule has 1 amide bonds. The molecule has 0 aliphatic carbocycles. The molecule has 0 saturated heterocycles. The maximum Gasteiger partial charge on any atom is 0.407 e. The second-order valence-electron chi connectivity index (χ2n) is 6.56. The van der Waals surface area contributed by atoms with Crippen LogP contribution in [0.2, 0.25) is 0 Å². The summed E-state index contributed by atoms with van der Waals surface area (Å²) in [4.78, 5) is 15.1. The molecule has 0 unspecified atom stereocenters. The summed E-state index contributed by atoms with van der Waals surface area (Å²) >= 11 is 0. The normalized spacial score (nSPS) is 11.2. The van der Waals surface area contributed by atoms with Gasteiger partial charge in [-0.1, -0.05) is 54.6 Å². The third kappa shape index (κ3) is 5.72. The minimum atomic E-state index is -0.411. The van der Waals surface area contributed by atoms with E-state index in [9.17, 15) is 4.79 Å². The Kier molecular flexibility index (Phi) is 7.27. The van der Waals surface area contributed by atoms with E-state index in [1.54, 1.807) is 6.08 Å². The fourth-order valence-electron chi connectivity index (χ4n) is 3.00. The van der Waals surface area contributed by atoms with Crippen LogP contribution in [0.5, 0.6) is 0 Å². The molecular weight excluding hydrogens is 352 g/mol. The van der Waals surface area contributed by atoms with E-state index in [4.69, 9.17) is 9.47 Å². The van der Waals surface area contributed by atoms with Gasteiger partial charge in [0.2, 0.25) is 0 Å². The maximum atomic E-state index is 11.8. The second kappa shape index (κ2) is 10.3. The Morgan fingerprint density at radius 3 is 2.75 bits per heavy atom. The quantitative estimate of drug-likeness (QED) is 0.425. The monoisotopic (exact) mass is 378 g/mol.